The highest BCUT2D eigenvalue weighted by Gasteiger charge is 2.43. The Balaban J connectivity index is 3.47. The van der Waals surface area contributed by atoms with Gasteiger partial charge in [0, 0.05) is 0 Å². The van der Waals surface area contributed by atoms with Crippen LogP contribution in [0.2, 0.25) is 0 Å². The van der Waals surface area contributed by atoms with Crippen molar-refractivity contribution >= 4 is 11.5 Å². The smallest absolute Gasteiger partial charge is 0.474 e. The molecule has 26 heavy (non-hydrogen) atoms. The third-order valence-electron chi connectivity index (χ3n) is 4.26. The van der Waals surface area contributed by atoms with E-state index in [1.54, 1.807) is 25.1 Å². The van der Waals surface area contributed by atoms with Crippen LogP contribution in [0.5, 0.6) is 0 Å². The molecule has 0 saturated carbocycles. The Morgan fingerprint density at radius 1 is 1.08 bits per heavy atom. The molecule has 1 N–H and O–H groups in total. The van der Waals surface area contributed by atoms with Gasteiger partial charge in [-0.25, -0.2) is 4.79 Å². The summed E-state index contributed by atoms with van der Waals surface area (Å²) in [7, 11) is 0. The van der Waals surface area contributed by atoms with E-state index in [1.807, 2.05) is 6.92 Å². The van der Waals surface area contributed by atoms with Gasteiger partial charge in [-0.15, -0.1) is 0 Å². The molecule has 0 fully saturated rings. The molecule has 1 rings (SSSR count). The largest absolute Gasteiger partial charge is 0.478 e. The van der Waals surface area contributed by atoms with E-state index < -0.39 is 27.9 Å². The predicted octanol–water partition coefficient (Wildman–Crippen LogP) is 4.01. The summed E-state index contributed by atoms with van der Waals surface area (Å²) in [6, 6.07) is 7.84. The van der Waals surface area contributed by atoms with Crippen LogP contribution in [0, 0.1) is 26.1 Å². The zero-order chi connectivity index (χ0) is 19.7. The summed E-state index contributed by atoms with van der Waals surface area (Å²) in [5, 5.41) is 32.4. The SMILES string of the molecule is CCCCCCC(C)C(=C(C(=O)O)c1ccccc1)C([N+](=O)[O-])[N+](=O)[O-]. The molecule has 1 unspecified atom stereocenters. The Labute approximate surface area is 151 Å². The summed E-state index contributed by atoms with van der Waals surface area (Å²) in [5.74, 6) is -2.00. The standard InChI is InChI=1S/C18H24N2O6/c1-3-4-5-7-10-13(2)15(17(19(23)24)20(25)26)16(18(21)22)14-11-8-6-9-12-14/h6,8-9,11-13,17H,3-5,7,10H2,1-2H3,(H,21,22). The first kappa shape index (κ1) is 21.3. The second-order valence-corrected chi connectivity index (χ2v) is 6.20. The van der Waals surface area contributed by atoms with Gasteiger partial charge in [0.15, 0.2) is 0 Å². The Morgan fingerprint density at radius 3 is 2.12 bits per heavy atom. The highest BCUT2D eigenvalue weighted by molar-refractivity contribution is 6.16. The normalized spacial score (nSPS) is 13.2. The number of nitro groups is 2. The molecule has 1 aromatic carbocycles. The van der Waals surface area contributed by atoms with E-state index in [9.17, 15) is 30.1 Å². The predicted molar refractivity (Wildman–Crippen MR) is 96.7 cm³/mol. The maximum atomic E-state index is 11.9. The summed E-state index contributed by atoms with van der Waals surface area (Å²) in [6.07, 6.45) is 1.79. The Hall–Kier alpha value is -2.77. The monoisotopic (exact) mass is 364 g/mol. The molecule has 142 valence electrons. The van der Waals surface area contributed by atoms with Gasteiger partial charge in [0.05, 0.1) is 11.1 Å². The minimum Gasteiger partial charge on any atom is -0.478 e. The molecule has 8 heteroatoms. The van der Waals surface area contributed by atoms with Crippen molar-refractivity contribution in [3.05, 3.63) is 61.7 Å². The molecule has 0 aromatic heterocycles. The van der Waals surface area contributed by atoms with Crippen LogP contribution in [-0.4, -0.2) is 27.1 Å². The van der Waals surface area contributed by atoms with E-state index in [-0.39, 0.29) is 16.7 Å². The summed E-state index contributed by atoms with van der Waals surface area (Å²) in [4.78, 5) is 32.5. The van der Waals surface area contributed by atoms with Gasteiger partial charge in [-0.05, 0) is 17.9 Å². The number of rotatable bonds is 11. The number of benzene rings is 1. The maximum Gasteiger partial charge on any atom is 0.474 e. The number of hydrogen-bond donors (Lipinski definition) is 1. The molecule has 0 aliphatic rings. The zero-order valence-electron chi connectivity index (χ0n) is 15.0. The van der Waals surface area contributed by atoms with Gasteiger partial charge in [0.2, 0.25) is 0 Å². The van der Waals surface area contributed by atoms with Crippen molar-refractivity contribution < 1.29 is 19.7 Å². The molecule has 0 saturated heterocycles. The van der Waals surface area contributed by atoms with Crippen molar-refractivity contribution in [2.45, 2.75) is 52.1 Å². The van der Waals surface area contributed by atoms with E-state index in [2.05, 4.69) is 0 Å². The van der Waals surface area contributed by atoms with Gasteiger partial charge in [-0.2, -0.15) is 0 Å². The first-order valence-corrected chi connectivity index (χ1v) is 8.61. The maximum absolute atomic E-state index is 11.9. The molecule has 0 radical (unpaired) electrons. The summed E-state index contributed by atoms with van der Waals surface area (Å²) < 4.78 is 0. The van der Waals surface area contributed by atoms with Crippen LogP contribution < -0.4 is 0 Å². The van der Waals surface area contributed by atoms with E-state index in [0.717, 1.165) is 25.7 Å². The average molecular weight is 364 g/mol. The third-order valence-corrected chi connectivity index (χ3v) is 4.26. The van der Waals surface area contributed by atoms with E-state index >= 15 is 0 Å². The second kappa shape index (κ2) is 10.3. The number of carboxylic acids is 1. The number of nitrogens with zero attached hydrogens (tertiary/aromatic N) is 2. The zero-order valence-corrected chi connectivity index (χ0v) is 15.0. The van der Waals surface area contributed by atoms with Crippen molar-refractivity contribution in [2.24, 2.45) is 5.92 Å². The molecular formula is C18H24N2O6. The van der Waals surface area contributed by atoms with Crippen molar-refractivity contribution in [1.29, 1.82) is 0 Å². The molecule has 0 aliphatic carbocycles. The second-order valence-electron chi connectivity index (χ2n) is 6.20. The fraction of sp³-hybridized carbons (Fsp3) is 0.500. The summed E-state index contributed by atoms with van der Waals surface area (Å²) in [5.41, 5.74) is -0.383. The van der Waals surface area contributed by atoms with Gasteiger partial charge < -0.3 is 5.11 Å². The van der Waals surface area contributed by atoms with Gasteiger partial charge >= 0.3 is 12.1 Å². The number of hydrogen-bond acceptors (Lipinski definition) is 5. The first-order chi connectivity index (χ1) is 12.3. The van der Waals surface area contributed by atoms with Gasteiger partial charge in [0.1, 0.15) is 9.85 Å². The van der Waals surface area contributed by atoms with E-state index in [1.165, 1.54) is 12.1 Å². The lowest BCUT2D eigenvalue weighted by molar-refractivity contribution is -0.731. The van der Waals surface area contributed by atoms with Crippen molar-refractivity contribution in [1.82, 2.24) is 0 Å². The first-order valence-electron chi connectivity index (χ1n) is 8.61. The van der Waals surface area contributed by atoms with Crippen LogP contribution in [0.1, 0.15) is 51.5 Å². The summed E-state index contributed by atoms with van der Waals surface area (Å²) in [6.45, 7) is 3.66. The molecule has 8 nitrogen and oxygen atoms in total. The lowest BCUT2D eigenvalue weighted by atomic mass is 9.86. The van der Waals surface area contributed by atoms with Crippen LogP contribution in [0.3, 0.4) is 0 Å². The topological polar surface area (TPSA) is 124 Å². The Morgan fingerprint density at radius 2 is 1.65 bits per heavy atom. The lowest BCUT2D eigenvalue weighted by Gasteiger charge is -2.18. The molecule has 0 amide bonds. The third kappa shape index (κ3) is 5.65. The Bertz CT molecular complexity index is 658. The minimum atomic E-state index is -2.28. The molecule has 0 bridgehead atoms. The molecule has 1 aromatic rings. The molecular weight excluding hydrogens is 340 g/mol. The van der Waals surface area contributed by atoms with Crippen LogP contribution in [0.15, 0.2) is 35.9 Å². The number of unbranched alkanes of at least 4 members (excludes halogenated alkanes) is 3. The number of aliphatic carboxylic acids is 1. The van der Waals surface area contributed by atoms with Gasteiger partial charge in [-0.3, -0.25) is 20.2 Å². The van der Waals surface area contributed by atoms with Gasteiger partial charge in [0.25, 0.3) is 0 Å². The van der Waals surface area contributed by atoms with Crippen LogP contribution in [-0.2, 0) is 4.79 Å². The summed E-state index contributed by atoms with van der Waals surface area (Å²) >= 11 is 0. The minimum absolute atomic E-state index is 0.226. The van der Waals surface area contributed by atoms with Gasteiger partial charge in [-0.1, -0.05) is 69.9 Å². The lowest BCUT2D eigenvalue weighted by Crippen LogP contribution is -2.35. The molecule has 0 heterocycles. The van der Waals surface area contributed by atoms with E-state index in [4.69, 9.17) is 0 Å². The molecule has 0 spiro atoms. The van der Waals surface area contributed by atoms with Crippen LogP contribution in [0.25, 0.3) is 5.57 Å². The number of carboxylic acid groups (broad SMARTS) is 1. The fourth-order valence-electron chi connectivity index (χ4n) is 2.99. The average Bonchev–Trinajstić information content (AvgIpc) is 2.58. The Kier molecular flexibility index (Phi) is 8.41. The highest BCUT2D eigenvalue weighted by Crippen LogP contribution is 2.31. The van der Waals surface area contributed by atoms with Crippen molar-refractivity contribution in [2.75, 3.05) is 0 Å². The number of carbonyl (C=O) groups is 1. The van der Waals surface area contributed by atoms with Crippen LogP contribution >= 0.6 is 0 Å². The van der Waals surface area contributed by atoms with E-state index in [0.29, 0.717) is 6.42 Å². The highest BCUT2D eigenvalue weighted by atomic mass is 16.7. The molecule has 1 atom stereocenters. The fourth-order valence-corrected chi connectivity index (χ4v) is 2.99. The molecule has 0 aliphatic heterocycles. The van der Waals surface area contributed by atoms with Crippen LogP contribution in [0.4, 0.5) is 0 Å². The van der Waals surface area contributed by atoms with Crippen molar-refractivity contribution in [3.63, 3.8) is 0 Å². The quantitative estimate of drug-likeness (QED) is 0.208. The van der Waals surface area contributed by atoms with Crippen molar-refractivity contribution in [3.8, 4) is 0 Å².